The van der Waals surface area contributed by atoms with E-state index in [0.717, 1.165) is 42.2 Å². The Labute approximate surface area is 122 Å². The van der Waals surface area contributed by atoms with Gasteiger partial charge in [-0.05, 0) is 54.8 Å². The summed E-state index contributed by atoms with van der Waals surface area (Å²) < 4.78 is 3.18. The van der Waals surface area contributed by atoms with Gasteiger partial charge in [0.15, 0.2) is 0 Å². The van der Waals surface area contributed by atoms with Crippen LogP contribution in [0.3, 0.4) is 0 Å². The van der Waals surface area contributed by atoms with E-state index in [0.29, 0.717) is 6.04 Å². The van der Waals surface area contributed by atoms with Crippen molar-refractivity contribution in [2.45, 2.75) is 50.6 Å². The molecule has 1 saturated carbocycles. The van der Waals surface area contributed by atoms with Gasteiger partial charge in [-0.3, -0.25) is 10.00 Å². The van der Waals surface area contributed by atoms with Gasteiger partial charge in [-0.15, -0.1) is 0 Å². The van der Waals surface area contributed by atoms with Gasteiger partial charge in [0, 0.05) is 12.6 Å². The average molecular weight is 358 g/mol. The first kappa shape index (κ1) is 13.8. The first-order chi connectivity index (χ1) is 8.69. The van der Waals surface area contributed by atoms with E-state index in [-0.39, 0.29) is 5.54 Å². The maximum absolute atomic E-state index is 9.49. The topological polar surface area (TPSA) is 53.6 Å². The molecule has 1 N–H and O–H groups in total. The number of rotatable bonds is 4. The number of halogens is 1. The monoisotopic (exact) mass is 358 g/mol. The smallest absolute Gasteiger partial charge is 0.108 e. The predicted octanol–water partition coefficient (Wildman–Crippen LogP) is 2.86. The van der Waals surface area contributed by atoms with Gasteiger partial charge in [-0.25, -0.2) is 0 Å². The maximum Gasteiger partial charge on any atom is 0.108 e. The Hall–Kier alpha value is -0.610. The number of hydrogen-bond donors (Lipinski definition) is 1. The van der Waals surface area contributed by atoms with E-state index >= 15 is 0 Å². The van der Waals surface area contributed by atoms with E-state index in [2.05, 4.69) is 52.2 Å². The summed E-state index contributed by atoms with van der Waals surface area (Å²) in [7, 11) is 0. The lowest BCUT2D eigenvalue weighted by Gasteiger charge is -2.36. The summed E-state index contributed by atoms with van der Waals surface area (Å²) in [5, 5.41) is 17.3. The second kappa shape index (κ2) is 6.02. The number of nitrogens with one attached hydrogen (secondary N) is 1. The minimum Gasteiger partial charge on any atom is -0.299 e. The molecule has 98 valence electrons. The highest BCUT2D eigenvalue weighted by atomic mass is 127. The molecule has 1 aromatic rings. The van der Waals surface area contributed by atoms with Crippen molar-refractivity contribution in [2.24, 2.45) is 0 Å². The van der Waals surface area contributed by atoms with Crippen LogP contribution in [0.5, 0.6) is 0 Å². The van der Waals surface area contributed by atoms with Crippen LogP contribution < -0.4 is 5.32 Å². The van der Waals surface area contributed by atoms with E-state index in [4.69, 9.17) is 0 Å². The summed E-state index contributed by atoms with van der Waals surface area (Å²) in [6, 6.07) is 2.86. The Morgan fingerprint density at radius 1 is 1.72 bits per heavy atom. The van der Waals surface area contributed by atoms with E-state index in [1.807, 2.05) is 10.9 Å². The molecule has 1 aliphatic carbocycles. The van der Waals surface area contributed by atoms with Crippen molar-refractivity contribution in [1.82, 2.24) is 15.1 Å². The molecule has 0 aromatic carbocycles. The van der Waals surface area contributed by atoms with Crippen molar-refractivity contribution in [3.63, 3.8) is 0 Å². The normalized spacial score (nSPS) is 27.9. The van der Waals surface area contributed by atoms with Crippen molar-refractivity contribution < 1.29 is 0 Å². The highest BCUT2D eigenvalue weighted by Crippen LogP contribution is 2.35. The van der Waals surface area contributed by atoms with Gasteiger partial charge in [0.2, 0.25) is 0 Å². The van der Waals surface area contributed by atoms with Gasteiger partial charge in [0.1, 0.15) is 5.54 Å². The Kier molecular flexibility index (Phi) is 4.62. The highest BCUT2D eigenvalue weighted by molar-refractivity contribution is 14.1. The summed E-state index contributed by atoms with van der Waals surface area (Å²) in [5.74, 6) is 0. The predicted molar refractivity (Wildman–Crippen MR) is 79.1 cm³/mol. The van der Waals surface area contributed by atoms with Crippen molar-refractivity contribution in [3.05, 3.63) is 16.0 Å². The second-order valence-corrected chi connectivity index (χ2v) is 6.26. The van der Waals surface area contributed by atoms with Gasteiger partial charge in [-0.1, -0.05) is 6.92 Å². The lowest BCUT2D eigenvalue weighted by molar-refractivity contribution is 0.220. The molecular formula is C13H19IN4. The largest absolute Gasteiger partial charge is 0.299 e. The molecule has 4 nitrogen and oxygen atoms in total. The lowest BCUT2D eigenvalue weighted by Crippen LogP contribution is -2.48. The third-order valence-electron chi connectivity index (χ3n) is 3.60. The first-order valence-corrected chi connectivity index (χ1v) is 7.63. The van der Waals surface area contributed by atoms with Gasteiger partial charge in [0.05, 0.1) is 21.9 Å². The van der Waals surface area contributed by atoms with Crippen LogP contribution >= 0.6 is 22.6 Å². The number of hydrogen-bond acceptors (Lipinski definition) is 3. The Morgan fingerprint density at radius 3 is 3.17 bits per heavy atom. The fraction of sp³-hybridized carbons (Fsp3) is 0.692. The van der Waals surface area contributed by atoms with Crippen molar-refractivity contribution in [1.29, 1.82) is 5.26 Å². The molecule has 1 aliphatic rings. The van der Waals surface area contributed by atoms with Gasteiger partial charge in [0.25, 0.3) is 0 Å². The Balaban J connectivity index is 2.09. The molecule has 2 rings (SSSR count). The standard InChI is InChI=1S/C13H19IN4/c1-2-6-16-13(10-15)5-3-4-12(7-13)18-9-11(14)8-17-18/h8-9,12,16H,2-7H2,1H3. The first-order valence-electron chi connectivity index (χ1n) is 6.55. The number of nitrogens with zero attached hydrogens (tertiary/aromatic N) is 3. The highest BCUT2D eigenvalue weighted by Gasteiger charge is 2.36. The molecule has 0 bridgehead atoms. The molecular weight excluding hydrogens is 339 g/mol. The van der Waals surface area contributed by atoms with Crippen LogP contribution in [0, 0.1) is 14.9 Å². The quantitative estimate of drug-likeness (QED) is 0.843. The summed E-state index contributed by atoms with van der Waals surface area (Å²) in [6.07, 6.45) is 9.04. The zero-order valence-corrected chi connectivity index (χ0v) is 12.9. The van der Waals surface area contributed by atoms with Crippen LogP contribution in [-0.4, -0.2) is 21.9 Å². The number of nitriles is 1. The van der Waals surface area contributed by atoms with Crippen LogP contribution in [0.2, 0.25) is 0 Å². The Morgan fingerprint density at radius 2 is 2.56 bits per heavy atom. The minimum absolute atomic E-state index is 0.351. The summed E-state index contributed by atoms with van der Waals surface area (Å²) in [4.78, 5) is 0. The fourth-order valence-corrected chi connectivity index (χ4v) is 3.06. The maximum atomic E-state index is 9.49. The Bertz CT molecular complexity index is 436. The van der Waals surface area contributed by atoms with Crippen molar-refractivity contribution in [3.8, 4) is 6.07 Å². The van der Waals surface area contributed by atoms with Crippen LogP contribution in [0.1, 0.15) is 45.1 Å². The third kappa shape index (κ3) is 3.04. The lowest BCUT2D eigenvalue weighted by atomic mass is 9.80. The SMILES string of the molecule is CCCNC1(C#N)CCCC(n2cc(I)cn2)C1. The molecule has 1 aromatic heterocycles. The summed E-state index contributed by atoms with van der Waals surface area (Å²) >= 11 is 2.27. The molecule has 0 saturated heterocycles. The molecule has 0 amide bonds. The van der Waals surface area contributed by atoms with E-state index < -0.39 is 0 Å². The van der Waals surface area contributed by atoms with Crippen LogP contribution in [-0.2, 0) is 0 Å². The molecule has 1 heterocycles. The van der Waals surface area contributed by atoms with Gasteiger partial charge < -0.3 is 0 Å². The third-order valence-corrected chi connectivity index (χ3v) is 4.15. The molecule has 2 atom stereocenters. The van der Waals surface area contributed by atoms with Crippen molar-refractivity contribution >= 4 is 22.6 Å². The van der Waals surface area contributed by atoms with E-state index in [1.165, 1.54) is 0 Å². The van der Waals surface area contributed by atoms with E-state index in [9.17, 15) is 5.26 Å². The van der Waals surface area contributed by atoms with Crippen molar-refractivity contribution in [2.75, 3.05) is 6.54 Å². The average Bonchev–Trinajstić information content (AvgIpc) is 2.83. The molecule has 0 aliphatic heterocycles. The molecule has 0 spiro atoms. The van der Waals surface area contributed by atoms with Gasteiger partial charge >= 0.3 is 0 Å². The molecule has 18 heavy (non-hydrogen) atoms. The fourth-order valence-electron chi connectivity index (χ4n) is 2.65. The zero-order valence-electron chi connectivity index (χ0n) is 10.7. The molecule has 0 radical (unpaired) electrons. The molecule has 1 fully saturated rings. The van der Waals surface area contributed by atoms with Gasteiger partial charge in [-0.2, -0.15) is 10.4 Å². The number of aromatic nitrogens is 2. The zero-order chi connectivity index (χ0) is 13.0. The summed E-state index contributed by atoms with van der Waals surface area (Å²) in [6.45, 7) is 3.05. The second-order valence-electron chi connectivity index (χ2n) is 5.01. The van der Waals surface area contributed by atoms with E-state index in [1.54, 1.807) is 0 Å². The van der Waals surface area contributed by atoms with Crippen LogP contribution in [0.4, 0.5) is 0 Å². The van der Waals surface area contributed by atoms with Crippen LogP contribution in [0.15, 0.2) is 12.4 Å². The molecule has 2 unspecified atom stereocenters. The molecule has 5 heteroatoms. The summed E-state index contributed by atoms with van der Waals surface area (Å²) in [5.41, 5.74) is -0.351. The van der Waals surface area contributed by atoms with Crippen LogP contribution in [0.25, 0.3) is 0 Å². The minimum atomic E-state index is -0.351.